The van der Waals surface area contributed by atoms with E-state index in [1.807, 2.05) is 18.2 Å². The summed E-state index contributed by atoms with van der Waals surface area (Å²) in [5.41, 5.74) is 1.39. The van der Waals surface area contributed by atoms with Crippen LogP contribution < -0.4 is 10.1 Å². The number of thiazole rings is 1. The van der Waals surface area contributed by atoms with E-state index < -0.39 is 26.6 Å². The van der Waals surface area contributed by atoms with Crippen LogP contribution in [0.5, 0.6) is 5.75 Å². The first kappa shape index (κ1) is 20.9. The third-order valence-electron chi connectivity index (χ3n) is 4.06. The Balaban J connectivity index is 1.86. The lowest BCUT2D eigenvalue weighted by atomic mass is 10.1. The standard InChI is InChI=1S/C19H18FN3O4S2/c1-23(2)29(25,26)17-10-12(8-9-14(17)20)18(24)22-19-21-15(11-28-19)13-6-4-5-7-16(13)27-3/h4-11H,1-3H3,(H,21,22,24). The van der Waals surface area contributed by atoms with E-state index in [4.69, 9.17) is 4.74 Å². The molecule has 0 radical (unpaired) electrons. The predicted octanol–water partition coefficient (Wildman–Crippen LogP) is 3.46. The van der Waals surface area contributed by atoms with Crippen molar-refractivity contribution in [3.05, 3.63) is 59.2 Å². The van der Waals surface area contributed by atoms with Crippen molar-refractivity contribution in [3.8, 4) is 17.0 Å². The molecule has 0 bridgehead atoms. The monoisotopic (exact) mass is 435 g/mol. The highest BCUT2D eigenvalue weighted by Gasteiger charge is 2.23. The first-order valence-electron chi connectivity index (χ1n) is 8.36. The van der Waals surface area contributed by atoms with Gasteiger partial charge in [0, 0.05) is 30.6 Å². The van der Waals surface area contributed by atoms with Gasteiger partial charge in [-0.3, -0.25) is 10.1 Å². The molecule has 0 atom stereocenters. The van der Waals surface area contributed by atoms with Gasteiger partial charge in [-0.2, -0.15) is 0 Å². The van der Waals surface area contributed by atoms with Crippen LogP contribution in [0.15, 0.2) is 52.7 Å². The number of methoxy groups -OCH3 is 1. The normalized spacial score (nSPS) is 11.5. The predicted molar refractivity (Wildman–Crippen MR) is 109 cm³/mol. The highest BCUT2D eigenvalue weighted by atomic mass is 32.2. The number of benzene rings is 2. The van der Waals surface area contributed by atoms with Crippen molar-refractivity contribution in [3.63, 3.8) is 0 Å². The summed E-state index contributed by atoms with van der Waals surface area (Å²) in [6, 6.07) is 10.5. The van der Waals surface area contributed by atoms with Crippen LogP contribution in [-0.4, -0.2) is 44.8 Å². The number of hydrogen-bond acceptors (Lipinski definition) is 6. The summed E-state index contributed by atoms with van der Waals surface area (Å²) in [6.45, 7) is 0. The molecule has 2 aromatic carbocycles. The Morgan fingerprint density at radius 2 is 1.93 bits per heavy atom. The van der Waals surface area contributed by atoms with Crippen molar-refractivity contribution >= 4 is 32.4 Å². The number of carbonyl (C=O) groups excluding carboxylic acids is 1. The van der Waals surface area contributed by atoms with Crippen LogP contribution in [-0.2, 0) is 10.0 Å². The highest BCUT2D eigenvalue weighted by molar-refractivity contribution is 7.89. The van der Waals surface area contributed by atoms with E-state index in [9.17, 15) is 17.6 Å². The van der Waals surface area contributed by atoms with Gasteiger partial charge in [-0.15, -0.1) is 11.3 Å². The maximum absolute atomic E-state index is 14.0. The number of carbonyl (C=O) groups is 1. The van der Waals surface area contributed by atoms with E-state index in [0.29, 0.717) is 16.6 Å². The molecular weight excluding hydrogens is 417 g/mol. The van der Waals surface area contributed by atoms with Gasteiger partial charge in [0.15, 0.2) is 5.13 Å². The molecule has 1 amide bonds. The van der Waals surface area contributed by atoms with Crippen molar-refractivity contribution in [2.45, 2.75) is 4.90 Å². The Morgan fingerprint density at radius 1 is 1.21 bits per heavy atom. The molecule has 0 saturated heterocycles. The van der Waals surface area contributed by atoms with Crippen LogP contribution in [0, 0.1) is 5.82 Å². The Labute approximate surface area is 171 Å². The molecular formula is C19H18FN3O4S2. The van der Waals surface area contributed by atoms with Gasteiger partial charge in [0.2, 0.25) is 10.0 Å². The zero-order valence-corrected chi connectivity index (χ0v) is 17.5. The number of aromatic nitrogens is 1. The number of amides is 1. The zero-order valence-electron chi connectivity index (χ0n) is 15.8. The molecule has 0 fully saturated rings. The lowest BCUT2D eigenvalue weighted by Crippen LogP contribution is -2.24. The molecule has 1 N–H and O–H groups in total. The molecule has 0 saturated carbocycles. The number of halogens is 1. The number of ether oxygens (including phenoxy) is 1. The molecule has 3 aromatic rings. The number of nitrogens with one attached hydrogen (secondary N) is 1. The molecule has 0 aliphatic heterocycles. The lowest BCUT2D eigenvalue weighted by Gasteiger charge is -2.13. The molecule has 152 valence electrons. The number of rotatable bonds is 6. The van der Waals surface area contributed by atoms with Crippen molar-refractivity contribution in [2.24, 2.45) is 0 Å². The number of para-hydroxylation sites is 1. The van der Waals surface area contributed by atoms with Crippen LogP contribution in [0.3, 0.4) is 0 Å². The smallest absolute Gasteiger partial charge is 0.257 e. The molecule has 7 nitrogen and oxygen atoms in total. The minimum absolute atomic E-state index is 0.000802. The Kier molecular flexibility index (Phi) is 5.96. The number of hydrogen-bond donors (Lipinski definition) is 1. The fourth-order valence-electron chi connectivity index (χ4n) is 2.52. The zero-order chi connectivity index (χ0) is 21.2. The summed E-state index contributed by atoms with van der Waals surface area (Å²) in [5, 5.41) is 4.69. The quantitative estimate of drug-likeness (QED) is 0.641. The first-order valence-corrected chi connectivity index (χ1v) is 10.7. The van der Waals surface area contributed by atoms with Crippen molar-refractivity contribution in [2.75, 3.05) is 26.5 Å². The average Bonchev–Trinajstić information content (AvgIpc) is 3.16. The topological polar surface area (TPSA) is 88.6 Å². The number of nitrogens with zero attached hydrogens (tertiary/aromatic N) is 2. The van der Waals surface area contributed by atoms with Crippen LogP contribution in [0.1, 0.15) is 10.4 Å². The van der Waals surface area contributed by atoms with E-state index >= 15 is 0 Å². The van der Waals surface area contributed by atoms with Crippen LogP contribution in [0.4, 0.5) is 9.52 Å². The molecule has 3 rings (SSSR count). The van der Waals surface area contributed by atoms with Crippen molar-refractivity contribution < 1.29 is 22.3 Å². The van der Waals surface area contributed by atoms with Gasteiger partial charge in [0.25, 0.3) is 5.91 Å². The second-order valence-corrected chi connectivity index (χ2v) is 9.10. The Hall–Kier alpha value is -2.82. The van der Waals surface area contributed by atoms with E-state index in [1.165, 1.54) is 31.5 Å². The first-order chi connectivity index (χ1) is 13.7. The number of anilines is 1. The Bertz CT molecular complexity index is 1160. The SMILES string of the molecule is COc1ccccc1-c1csc(NC(=O)c2ccc(F)c(S(=O)(=O)N(C)C)c2)n1. The van der Waals surface area contributed by atoms with Gasteiger partial charge in [-0.25, -0.2) is 22.1 Å². The minimum Gasteiger partial charge on any atom is -0.496 e. The van der Waals surface area contributed by atoms with Gasteiger partial charge in [-0.1, -0.05) is 12.1 Å². The molecule has 10 heteroatoms. The number of sulfonamides is 1. The highest BCUT2D eigenvalue weighted by Crippen LogP contribution is 2.32. The van der Waals surface area contributed by atoms with E-state index in [0.717, 1.165) is 22.0 Å². The van der Waals surface area contributed by atoms with Gasteiger partial charge in [-0.05, 0) is 30.3 Å². The second kappa shape index (κ2) is 8.27. The third-order valence-corrected chi connectivity index (χ3v) is 6.65. The molecule has 1 aromatic heterocycles. The van der Waals surface area contributed by atoms with Gasteiger partial charge >= 0.3 is 0 Å². The van der Waals surface area contributed by atoms with E-state index in [-0.39, 0.29) is 5.56 Å². The second-order valence-electron chi connectivity index (χ2n) is 6.12. The molecule has 0 spiro atoms. The summed E-state index contributed by atoms with van der Waals surface area (Å²) in [5.74, 6) is -0.878. The van der Waals surface area contributed by atoms with Crippen LogP contribution in [0.2, 0.25) is 0 Å². The maximum Gasteiger partial charge on any atom is 0.257 e. The van der Waals surface area contributed by atoms with E-state index in [2.05, 4.69) is 10.3 Å². The van der Waals surface area contributed by atoms with Gasteiger partial charge in [0.05, 0.1) is 12.8 Å². The van der Waals surface area contributed by atoms with Crippen LogP contribution in [0.25, 0.3) is 11.3 Å². The Morgan fingerprint density at radius 3 is 2.62 bits per heavy atom. The summed E-state index contributed by atoms with van der Waals surface area (Å²) in [6.07, 6.45) is 0. The summed E-state index contributed by atoms with van der Waals surface area (Å²) < 4.78 is 44.7. The fraction of sp³-hybridized carbons (Fsp3) is 0.158. The molecule has 1 heterocycles. The molecule has 0 unspecified atom stereocenters. The fourth-order valence-corrected chi connectivity index (χ4v) is 4.21. The summed E-state index contributed by atoms with van der Waals surface area (Å²) in [7, 11) is 0.109. The van der Waals surface area contributed by atoms with Crippen LogP contribution >= 0.6 is 11.3 Å². The van der Waals surface area contributed by atoms with Gasteiger partial charge in [0.1, 0.15) is 16.5 Å². The molecule has 0 aliphatic carbocycles. The lowest BCUT2D eigenvalue weighted by molar-refractivity contribution is 0.102. The minimum atomic E-state index is -4.02. The third kappa shape index (κ3) is 4.29. The van der Waals surface area contributed by atoms with Crippen molar-refractivity contribution in [1.29, 1.82) is 0 Å². The van der Waals surface area contributed by atoms with E-state index in [1.54, 1.807) is 18.6 Å². The summed E-state index contributed by atoms with van der Waals surface area (Å²) in [4.78, 5) is 16.4. The van der Waals surface area contributed by atoms with Gasteiger partial charge < -0.3 is 4.74 Å². The van der Waals surface area contributed by atoms with Crippen molar-refractivity contribution in [1.82, 2.24) is 9.29 Å². The average molecular weight is 436 g/mol. The summed E-state index contributed by atoms with van der Waals surface area (Å²) >= 11 is 1.21. The molecule has 0 aliphatic rings. The maximum atomic E-state index is 14.0. The largest absolute Gasteiger partial charge is 0.496 e. The molecule has 29 heavy (non-hydrogen) atoms.